The lowest BCUT2D eigenvalue weighted by Gasteiger charge is -2.15. The molecule has 4 heteroatoms. The van der Waals surface area contributed by atoms with Crippen LogP contribution in [0.1, 0.15) is 19.3 Å². The highest BCUT2D eigenvalue weighted by Gasteiger charge is 2.14. The van der Waals surface area contributed by atoms with E-state index in [0.717, 1.165) is 25.8 Å². The van der Waals surface area contributed by atoms with Gasteiger partial charge in [-0.05, 0) is 25.8 Å². The number of carbonyl (C=O) groups is 1. The average molecular weight is 196 g/mol. The Morgan fingerprint density at radius 3 is 2.83 bits per heavy atom. The van der Waals surface area contributed by atoms with Crippen molar-refractivity contribution in [3.05, 3.63) is 0 Å². The summed E-state index contributed by atoms with van der Waals surface area (Å²) in [7, 11) is 0. The lowest BCUT2D eigenvalue weighted by molar-refractivity contribution is -0.108. The number of rotatable bonds is 2. The van der Waals surface area contributed by atoms with Gasteiger partial charge in [-0.2, -0.15) is 0 Å². The number of carbonyl (C=O) groups excluding carboxylic acids is 1. The van der Waals surface area contributed by atoms with Gasteiger partial charge in [0.25, 0.3) is 0 Å². The van der Waals surface area contributed by atoms with Gasteiger partial charge in [0.15, 0.2) is 0 Å². The molecule has 0 aromatic rings. The van der Waals surface area contributed by atoms with Crippen molar-refractivity contribution in [2.45, 2.75) is 25.4 Å². The summed E-state index contributed by atoms with van der Waals surface area (Å²) < 4.78 is 12.7. The van der Waals surface area contributed by atoms with Crippen LogP contribution in [-0.4, -0.2) is 37.0 Å². The predicted octanol–water partition coefficient (Wildman–Crippen LogP) is 1.43. The van der Waals surface area contributed by atoms with Gasteiger partial charge >= 0.3 is 0 Å². The van der Waals surface area contributed by atoms with Crippen molar-refractivity contribution in [1.82, 2.24) is 4.90 Å². The Morgan fingerprint density at radius 2 is 2.17 bits per heavy atom. The van der Waals surface area contributed by atoms with Crippen LogP contribution in [0.4, 0.5) is 4.39 Å². The van der Waals surface area contributed by atoms with Gasteiger partial charge in [-0.3, -0.25) is 4.90 Å². The molecule has 1 heterocycles. The molecule has 0 aromatic carbocycles. The van der Waals surface area contributed by atoms with Crippen LogP contribution in [0.2, 0.25) is 0 Å². The van der Waals surface area contributed by atoms with Gasteiger partial charge in [-0.1, -0.05) is 0 Å². The van der Waals surface area contributed by atoms with E-state index in [0.29, 0.717) is 19.4 Å². The first-order valence-corrected chi connectivity index (χ1v) is 4.13. The molecule has 0 spiro atoms. The number of likely N-dealkylation sites (tertiary alicyclic amines) is 1. The summed E-state index contributed by atoms with van der Waals surface area (Å²) in [5.41, 5.74) is 0. The van der Waals surface area contributed by atoms with E-state index in [9.17, 15) is 9.18 Å². The van der Waals surface area contributed by atoms with Crippen LogP contribution in [-0.2, 0) is 4.79 Å². The molecule has 1 fully saturated rings. The number of nitrogens with zero attached hydrogens (tertiary/aromatic N) is 1. The zero-order chi connectivity index (χ0) is 8.10. The molecule has 1 unspecified atom stereocenters. The van der Waals surface area contributed by atoms with Crippen molar-refractivity contribution in [2.24, 2.45) is 0 Å². The monoisotopic (exact) mass is 195 g/mol. The van der Waals surface area contributed by atoms with Gasteiger partial charge in [-0.25, -0.2) is 4.39 Å². The molecule has 72 valence electrons. The second-order valence-electron chi connectivity index (χ2n) is 3.00. The number of hydrogen-bond acceptors (Lipinski definition) is 2. The number of aldehydes is 1. The van der Waals surface area contributed by atoms with Crippen LogP contribution in [0.5, 0.6) is 0 Å². The average Bonchev–Trinajstić information content (AvgIpc) is 2.17. The van der Waals surface area contributed by atoms with E-state index < -0.39 is 6.17 Å². The van der Waals surface area contributed by atoms with Crippen molar-refractivity contribution in [1.29, 1.82) is 0 Å². The van der Waals surface area contributed by atoms with E-state index in [1.54, 1.807) is 0 Å². The summed E-state index contributed by atoms with van der Waals surface area (Å²) >= 11 is 0. The molecular weight excluding hydrogens is 181 g/mol. The van der Waals surface area contributed by atoms with Crippen LogP contribution in [0, 0.1) is 0 Å². The molecule has 0 amide bonds. The third-order valence-corrected chi connectivity index (χ3v) is 2.08. The summed E-state index contributed by atoms with van der Waals surface area (Å²) in [6.45, 7) is 2.08. The Morgan fingerprint density at radius 1 is 1.42 bits per heavy atom. The first-order chi connectivity index (χ1) is 5.33. The van der Waals surface area contributed by atoms with Crippen LogP contribution in [0.3, 0.4) is 0 Å². The highest BCUT2D eigenvalue weighted by Crippen LogP contribution is 2.12. The SMILES string of the molecule is Cl.O=CCN1CCCC(F)CC1. The molecule has 1 aliphatic rings. The van der Waals surface area contributed by atoms with Crippen LogP contribution in [0.25, 0.3) is 0 Å². The zero-order valence-electron chi connectivity index (χ0n) is 7.04. The molecule has 0 saturated carbocycles. The highest BCUT2D eigenvalue weighted by atomic mass is 35.5. The fraction of sp³-hybridized carbons (Fsp3) is 0.875. The van der Waals surface area contributed by atoms with Crippen LogP contribution >= 0.6 is 12.4 Å². The maximum atomic E-state index is 12.7. The van der Waals surface area contributed by atoms with Crippen molar-refractivity contribution in [3.63, 3.8) is 0 Å². The summed E-state index contributed by atoms with van der Waals surface area (Å²) in [6, 6.07) is 0. The second kappa shape index (κ2) is 6.38. The standard InChI is InChI=1S/C8H14FNO.ClH/c9-8-2-1-4-10(5-3-8)6-7-11;/h7-8H,1-6H2;1H. The Labute approximate surface area is 78.5 Å². The minimum absolute atomic E-state index is 0. The quantitative estimate of drug-likeness (QED) is 0.622. The van der Waals surface area contributed by atoms with Crippen molar-refractivity contribution >= 4 is 18.7 Å². The smallest absolute Gasteiger partial charge is 0.133 e. The minimum Gasteiger partial charge on any atom is -0.302 e. The Bertz CT molecular complexity index is 134. The van der Waals surface area contributed by atoms with Crippen molar-refractivity contribution in [3.8, 4) is 0 Å². The van der Waals surface area contributed by atoms with Gasteiger partial charge in [-0.15, -0.1) is 12.4 Å². The van der Waals surface area contributed by atoms with E-state index in [2.05, 4.69) is 0 Å². The maximum Gasteiger partial charge on any atom is 0.133 e. The van der Waals surface area contributed by atoms with Crippen LogP contribution < -0.4 is 0 Å². The van der Waals surface area contributed by atoms with E-state index >= 15 is 0 Å². The number of hydrogen-bond donors (Lipinski definition) is 0. The molecule has 0 aromatic heterocycles. The van der Waals surface area contributed by atoms with Crippen LogP contribution in [0.15, 0.2) is 0 Å². The zero-order valence-corrected chi connectivity index (χ0v) is 7.86. The predicted molar refractivity (Wildman–Crippen MR) is 48.5 cm³/mol. The second-order valence-corrected chi connectivity index (χ2v) is 3.00. The molecule has 0 N–H and O–H groups in total. The molecule has 1 atom stereocenters. The number of alkyl halides is 1. The minimum atomic E-state index is -0.647. The van der Waals surface area contributed by atoms with Gasteiger partial charge in [0.1, 0.15) is 12.5 Å². The fourth-order valence-electron chi connectivity index (χ4n) is 1.40. The Balaban J connectivity index is 0.00000121. The van der Waals surface area contributed by atoms with Crippen molar-refractivity contribution in [2.75, 3.05) is 19.6 Å². The molecule has 12 heavy (non-hydrogen) atoms. The van der Waals surface area contributed by atoms with E-state index in [1.807, 2.05) is 4.90 Å². The summed E-state index contributed by atoms with van der Waals surface area (Å²) in [4.78, 5) is 12.1. The third-order valence-electron chi connectivity index (χ3n) is 2.08. The van der Waals surface area contributed by atoms with Crippen molar-refractivity contribution < 1.29 is 9.18 Å². The molecule has 1 saturated heterocycles. The Hall–Kier alpha value is -0.150. The Kier molecular flexibility index (Phi) is 6.30. The van der Waals surface area contributed by atoms with E-state index in [4.69, 9.17) is 0 Å². The third kappa shape index (κ3) is 4.02. The molecule has 1 rings (SSSR count). The molecular formula is C8H15ClFNO. The first-order valence-electron chi connectivity index (χ1n) is 4.13. The van der Waals surface area contributed by atoms with Gasteiger partial charge in [0.05, 0.1) is 6.54 Å². The van der Waals surface area contributed by atoms with Gasteiger partial charge < -0.3 is 4.79 Å². The normalized spacial score (nSPS) is 25.6. The largest absolute Gasteiger partial charge is 0.302 e. The first kappa shape index (κ1) is 11.8. The fourth-order valence-corrected chi connectivity index (χ4v) is 1.40. The molecule has 0 bridgehead atoms. The topological polar surface area (TPSA) is 20.3 Å². The van der Waals surface area contributed by atoms with E-state index in [1.165, 1.54) is 0 Å². The van der Waals surface area contributed by atoms with Gasteiger partial charge in [0.2, 0.25) is 0 Å². The summed E-state index contributed by atoms with van der Waals surface area (Å²) in [5.74, 6) is 0. The lowest BCUT2D eigenvalue weighted by Crippen LogP contribution is -2.26. The number of halogens is 2. The molecule has 0 aliphatic carbocycles. The van der Waals surface area contributed by atoms with E-state index in [-0.39, 0.29) is 12.4 Å². The summed E-state index contributed by atoms with van der Waals surface area (Å²) in [5, 5.41) is 0. The summed E-state index contributed by atoms with van der Waals surface area (Å²) in [6.07, 6.45) is 2.38. The molecule has 2 nitrogen and oxygen atoms in total. The molecule has 0 radical (unpaired) electrons. The maximum absolute atomic E-state index is 12.7. The lowest BCUT2D eigenvalue weighted by atomic mass is 10.2. The molecule has 1 aliphatic heterocycles. The highest BCUT2D eigenvalue weighted by molar-refractivity contribution is 5.85. The van der Waals surface area contributed by atoms with Gasteiger partial charge in [0, 0.05) is 6.54 Å².